The largest absolute Gasteiger partial charge is 2.00 e. The third-order valence-electron chi connectivity index (χ3n) is 4.80. The normalized spacial score (nSPS) is 11.5. The van der Waals surface area contributed by atoms with Crippen LogP contribution in [0.15, 0.2) is 146 Å². The maximum atomic E-state index is 9.07. The van der Waals surface area contributed by atoms with Gasteiger partial charge < -0.3 is 19.7 Å². The van der Waals surface area contributed by atoms with Crippen molar-refractivity contribution in [1.29, 1.82) is 0 Å². The summed E-state index contributed by atoms with van der Waals surface area (Å²) in [5.74, 6) is 3.50. The van der Waals surface area contributed by atoms with Crippen molar-refractivity contribution in [2.75, 3.05) is 0 Å². The van der Waals surface area contributed by atoms with Crippen molar-refractivity contribution in [2.24, 2.45) is 0 Å². The Kier molecular flexibility index (Phi) is 15.2. The molecule has 2 aliphatic carbocycles. The molecule has 0 spiro atoms. The Morgan fingerprint density at radius 2 is 0.795 bits per heavy atom. The Morgan fingerprint density at radius 1 is 0.462 bits per heavy atom. The summed E-state index contributed by atoms with van der Waals surface area (Å²) in [7, 11) is 0. The van der Waals surface area contributed by atoms with Gasteiger partial charge in [-0.15, -0.1) is 12.8 Å². The number of ether oxygens (including phenoxy) is 2. The first-order chi connectivity index (χ1) is 18.7. The summed E-state index contributed by atoms with van der Waals surface area (Å²) in [5.41, 5.74) is 0. The first kappa shape index (κ1) is 31.1. The first-order valence-corrected chi connectivity index (χ1v) is 12.2. The van der Waals surface area contributed by atoms with Crippen LogP contribution in [-0.4, -0.2) is 10.2 Å². The van der Waals surface area contributed by atoms with Crippen LogP contribution in [0.4, 0.5) is 0 Å². The summed E-state index contributed by atoms with van der Waals surface area (Å²) >= 11 is 0. The monoisotopic (exact) mass is 592 g/mol. The molecule has 6 rings (SSSR count). The minimum absolute atomic E-state index is 0. The average Bonchev–Trinajstić information content (AvgIpc) is 3.73. The Labute approximate surface area is 250 Å². The fourth-order valence-corrected chi connectivity index (χ4v) is 2.96. The van der Waals surface area contributed by atoms with Gasteiger partial charge in [-0.2, -0.15) is 12.2 Å². The molecule has 0 atom stereocenters. The Morgan fingerprint density at radius 3 is 1.05 bits per heavy atom. The van der Waals surface area contributed by atoms with Gasteiger partial charge in [0.15, 0.2) is 0 Å². The van der Waals surface area contributed by atoms with Crippen molar-refractivity contribution >= 4 is 0 Å². The van der Waals surface area contributed by atoms with Crippen LogP contribution in [-0.2, 0) is 26.2 Å². The number of phenolic OH excluding ortho intramolecular Hbond substituents is 2. The zero-order valence-electron chi connectivity index (χ0n) is 21.5. The van der Waals surface area contributed by atoms with E-state index in [2.05, 4.69) is 24.3 Å². The fraction of sp³-hybridized carbons (Fsp3) is 0.0588. The fourth-order valence-electron chi connectivity index (χ4n) is 2.96. The van der Waals surface area contributed by atoms with E-state index in [-0.39, 0.29) is 37.7 Å². The van der Waals surface area contributed by atoms with Crippen LogP contribution < -0.4 is 9.47 Å². The van der Waals surface area contributed by atoms with E-state index in [1.807, 2.05) is 85.0 Å². The van der Waals surface area contributed by atoms with E-state index < -0.39 is 0 Å². The second kappa shape index (κ2) is 19.1. The third-order valence-corrected chi connectivity index (χ3v) is 4.80. The molecule has 0 saturated carbocycles. The topological polar surface area (TPSA) is 58.9 Å². The number of rotatable bonds is 4. The summed E-state index contributed by atoms with van der Waals surface area (Å²) < 4.78 is 11.0. The number of phenols is 2. The molecule has 39 heavy (non-hydrogen) atoms. The molecule has 0 aliphatic heterocycles. The average molecular weight is 594 g/mol. The molecule has 0 amide bonds. The van der Waals surface area contributed by atoms with E-state index in [0.717, 1.165) is 24.3 Å². The summed E-state index contributed by atoms with van der Waals surface area (Å²) in [6, 6.07) is 32.3. The molecule has 0 heterocycles. The van der Waals surface area contributed by atoms with E-state index in [4.69, 9.17) is 19.7 Å². The Bertz CT molecular complexity index is 1170. The van der Waals surface area contributed by atoms with Crippen LogP contribution in [0, 0.1) is 12.2 Å². The number of hydrogen-bond acceptors (Lipinski definition) is 4. The minimum Gasteiger partial charge on any atom is -0.508 e. The molecular formula is C34H30O4Zr. The molecule has 0 radical (unpaired) electrons. The van der Waals surface area contributed by atoms with E-state index in [0.29, 0.717) is 11.5 Å². The van der Waals surface area contributed by atoms with Gasteiger partial charge in [0.1, 0.15) is 34.5 Å². The minimum atomic E-state index is 0. The van der Waals surface area contributed by atoms with Gasteiger partial charge in [-0.3, -0.25) is 12.2 Å². The maximum absolute atomic E-state index is 9.07. The number of para-hydroxylation sites is 2. The van der Waals surface area contributed by atoms with Crippen LogP contribution in [0.2, 0.25) is 0 Å². The van der Waals surface area contributed by atoms with Gasteiger partial charge in [-0.05, 0) is 72.8 Å². The van der Waals surface area contributed by atoms with Gasteiger partial charge in [0.25, 0.3) is 0 Å². The van der Waals surface area contributed by atoms with Crippen LogP contribution in [0.5, 0.6) is 34.5 Å². The third kappa shape index (κ3) is 13.9. The molecule has 0 bridgehead atoms. The van der Waals surface area contributed by atoms with Crippen LogP contribution >= 0.6 is 0 Å². The predicted molar refractivity (Wildman–Crippen MR) is 152 cm³/mol. The molecule has 0 fully saturated rings. The number of aromatic hydroxyl groups is 2. The molecule has 4 aromatic carbocycles. The van der Waals surface area contributed by atoms with Crippen molar-refractivity contribution in [3.63, 3.8) is 0 Å². The molecule has 194 valence electrons. The zero-order valence-corrected chi connectivity index (χ0v) is 23.9. The summed E-state index contributed by atoms with van der Waals surface area (Å²) in [6.07, 6.45) is 20.0. The molecule has 5 heteroatoms. The van der Waals surface area contributed by atoms with Gasteiger partial charge in [0.2, 0.25) is 0 Å². The second-order valence-corrected chi connectivity index (χ2v) is 7.82. The van der Waals surface area contributed by atoms with Gasteiger partial charge in [-0.1, -0.05) is 36.4 Å². The van der Waals surface area contributed by atoms with E-state index in [1.165, 1.54) is 0 Å². The molecule has 4 nitrogen and oxygen atoms in total. The van der Waals surface area contributed by atoms with Crippen molar-refractivity contribution in [3.05, 3.63) is 158 Å². The van der Waals surface area contributed by atoms with E-state index >= 15 is 0 Å². The molecule has 2 aliphatic rings. The standard InChI is InChI=1S/2C12H10O2.2C5H5.Zr/c2*13-10-6-8-12(9-7-10)14-11-4-2-1-3-5-11;2*1-2-4-5-3-1;/h2*1-9,13H;2*1-3H,4H2;/q;;2*-1;+2. The predicted octanol–water partition coefficient (Wildman–Crippen LogP) is 8.98. The summed E-state index contributed by atoms with van der Waals surface area (Å²) in [6.45, 7) is 0. The molecule has 0 saturated heterocycles. The van der Waals surface area contributed by atoms with Gasteiger partial charge >= 0.3 is 26.2 Å². The van der Waals surface area contributed by atoms with Crippen LogP contribution in [0.25, 0.3) is 0 Å². The zero-order chi connectivity index (χ0) is 26.7. The van der Waals surface area contributed by atoms with Crippen molar-refractivity contribution in [3.8, 4) is 34.5 Å². The maximum Gasteiger partial charge on any atom is 2.00 e. The number of benzene rings is 4. The quantitative estimate of drug-likeness (QED) is 0.232. The van der Waals surface area contributed by atoms with Crippen molar-refractivity contribution in [1.82, 2.24) is 0 Å². The molecular weight excluding hydrogens is 564 g/mol. The molecule has 0 unspecified atom stereocenters. The molecule has 4 aromatic rings. The molecule has 2 N–H and O–H groups in total. The van der Waals surface area contributed by atoms with Gasteiger partial charge in [0.05, 0.1) is 0 Å². The summed E-state index contributed by atoms with van der Waals surface area (Å²) in [5, 5.41) is 18.1. The van der Waals surface area contributed by atoms with E-state index in [9.17, 15) is 0 Å². The Hall–Kier alpha value is -4.08. The Balaban J connectivity index is 0.000000199. The van der Waals surface area contributed by atoms with Gasteiger partial charge in [-0.25, -0.2) is 24.3 Å². The first-order valence-electron chi connectivity index (χ1n) is 12.2. The SMILES string of the molecule is Oc1ccc(Oc2ccccc2)cc1.Oc1ccc(Oc2ccccc2)cc1.[C-]1=CC=CC1.[C-]1=CC=CC1.[Zr+2]. The van der Waals surface area contributed by atoms with Gasteiger partial charge in [0, 0.05) is 0 Å². The molecule has 0 aromatic heterocycles. The van der Waals surface area contributed by atoms with Crippen molar-refractivity contribution < 1.29 is 45.9 Å². The number of allylic oxidation sites excluding steroid dienone is 8. The smallest absolute Gasteiger partial charge is 0.508 e. The number of hydrogen-bond donors (Lipinski definition) is 2. The summed E-state index contributed by atoms with van der Waals surface area (Å²) in [4.78, 5) is 0. The van der Waals surface area contributed by atoms with E-state index in [1.54, 1.807) is 48.5 Å². The van der Waals surface area contributed by atoms with Crippen LogP contribution in [0.1, 0.15) is 12.8 Å². The second-order valence-electron chi connectivity index (χ2n) is 7.82. The van der Waals surface area contributed by atoms with Crippen LogP contribution in [0.3, 0.4) is 0 Å². The van der Waals surface area contributed by atoms with Crippen molar-refractivity contribution in [2.45, 2.75) is 12.8 Å².